The van der Waals surface area contributed by atoms with Gasteiger partial charge >= 0.3 is 5.76 Å². The number of rotatable bonds is 6. The monoisotopic (exact) mass is 367 g/mol. The summed E-state index contributed by atoms with van der Waals surface area (Å²) in [4.78, 5) is 28.7. The van der Waals surface area contributed by atoms with Crippen molar-refractivity contribution in [3.8, 4) is 5.88 Å². The Hall–Kier alpha value is -3.09. The van der Waals surface area contributed by atoms with Crippen molar-refractivity contribution in [3.63, 3.8) is 0 Å². The molecule has 2 heterocycles. The van der Waals surface area contributed by atoms with E-state index >= 15 is 0 Å². The maximum atomic E-state index is 12.4. The molecule has 1 fully saturated rings. The number of carbonyl (C=O) groups excluding carboxylic acids is 1. The lowest BCUT2D eigenvalue weighted by Gasteiger charge is -2.15. The van der Waals surface area contributed by atoms with Crippen LogP contribution in [0.5, 0.6) is 5.88 Å². The lowest BCUT2D eigenvalue weighted by atomic mass is 10.2. The molecular formula is C20H21N3O4. The van der Waals surface area contributed by atoms with Crippen LogP contribution in [0.1, 0.15) is 31.2 Å². The van der Waals surface area contributed by atoms with E-state index in [0.29, 0.717) is 23.5 Å². The molecule has 1 aromatic carbocycles. The minimum absolute atomic E-state index is 0.102. The fraction of sp³-hybridized carbons (Fsp3) is 0.350. The molecule has 4 rings (SSSR count). The first-order chi connectivity index (χ1) is 13.2. The number of ether oxygens (including phenoxy) is 1. The van der Waals surface area contributed by atoms with E-state index in [2.05, 4.69) is 10.3 Å². The number of nitrogens with one attached hydrogen (secondary N) is 1. The number of nitrogens with zero attached hydrogens (tertiary/aromatic N) is 2. The fourth-order valence-electron chi connectivity index (χ4n) is 3.39. The second-order valence-corrected chi connectivity index (χ2v) is 6.69. The average molecular weight is 367 g/mol. The lowest BCUT2D eigenvalue weighted by Crippen LogP contribution is -2.30. The highest BCUT2D eigenvalue weighted by Gasteiger charge is 2.19. The van der Waals surface area contributed by atoms with E-state index in [9.17, 15) is 9.59 Å². The van der Waals surface area contributed by atoms with E-state index in [0.717, 1.165) is 18.4 Å². The Morgan fingerprint density at radius 3 is 2.89 bits per heavy atom. The van der Waals surface area contributed by atoms with Gasteiger partial charge in [-0.2, -0.15) is 0 Å². The van der Waals surface area contributed by atoms with Crippen LogP contribution in [-0.2, 0) is 17.9 Å². The third-order valence-corrected chi connectivity index (χ3v) is 4.78. The van der Waals surface area contributed by atoms with Crippen molar-refractivity contribution in [1.82, 2.24) is 14.9 Å². The number of carbonyl (C=O) groups is 1. The molecule has 7 nitrogen and oxygen atoms in total. The third-order valence-electron chi connectivity index (χ3n) is 4.78. The van der Waals surface area contributed by atoms with E-state index in [1.54, 1.807) is 30.5 Å². The zero-order valence-electron chi connectivity index (χ0n) is 14.9. The number of aromatic nitrogens is 2. The number of hydrogen-bond acceptors (Lipinski definition) is 5. The van der Waals surface area contributed by atoms with Crippen LogP contribution >= 0.6 is 0 Å². The van der Waals surface area contributed by atoms with Crippen LogP contribution in [0.4, 0.5) is 0 Å². The Morgan fingerprint density at radius 2 is 2.04 bits per heavy atom. The van der Waals surface area contributed by atoms with Gasteiger partial charge in [0.05, 0.1) is 5.52 Å². The smallest absolute Gasteiger partial charge is 0.420 e. The first-order valence-corrected chi connectivity index (χ1v) is 9.16. The van der Waals surface area contributed by atoms with Crippen molar-refractivity contribution in [2.75, 3.05) is 0 Å². The number of pyridine rings is 1. The third kappa shape index (κ3) is 3.86. The minimum Gasteiger partial charge on any atom is -0.474 e. The van der Waals surface area contributed by atoms with Crippen molar-refractivity contribution in [2.24, 2.45) is 0 Å². The molecule has 0 unspecified atom stereocenters. The van der Waals surface area contributed by atoms with Crippen molar-refractivity contribution >= 4 is 17.0 Å². The summed E-state index contributed by atoms with van der Waals surface area (Å²) in [5.41, 5.74) is 1.89. The molecule has 1 aliphatic rings. The van der Waals surface area contributed by atoms with E-state index in [1.165, 1.54) is 17.4 Å². The number of hydrogen-bond donors (Lipinski definition) is 1. The van der Waals surface area contributed by atoms with Gasteiger partial charge in [0.1, 0.15) is 12.6 Å². The topological polar surface area (TPSA) is 86.4 Å². The molecule has 1 saturated carbocycles. The molecule has 1 N–H and O–H groups in total. The molecule has 0 bridgehead atoms. The highest BCUT2D eigenvalue weighted by atomic mass is 16.5. The summed E-state index contributed by atoms with van der Waals surface area (Å²) in [5, 5.41) is 2.83. The van der Waals surface area contributed by atoms with Crippen molar-refractivity contribution in [3.05, 3.63) is 58.7 Å². The maximum Gasteiger partial charge on any atom is 0.420 e. The largest absolute Gasteiger partial charge is 0.474 e. The van der Waals surface area contributed by atoms with Crippen LogP contribution in [0.3, 0.4) is 0 Å². The van der Waals surface area contributed by atoms with Crippen molar-refractivity contribution < 1.29 is 13.9 Å². The number of para-hydroxylation sites is 2. The standard InChI is InChI=1S/C20H21N3O4/c24-18(13-23-16-9-3-4-10-17(16)27-20(23)25)22-12-14-6-5-11-21-19(14)26-15-7-1-2-8-15/h3-6,9-11,15H,1-2,7-8,12-13H2,(H,22,24). The second kappa shape index (κ2) is 7.65. The lowest BCUT2D eigenvalue weighted by molar-refractivity contribution is -0.121. The van der Waals surface area contributed by atoms with Crippen LogP contribution < -0.4 is 15.8 Å². The van der Waals surface area contributed by atoms with Gasteiger partial charge < -0.3 is 14.5 Å². The summed E-state index contributed by atoms with van der Waals surface area (Å²) < 4.78 is 12.5. The van der Waals surface area contributed by atoms with Gasteiger partial charge in [-0.3, -0.25) is 9.36 Å². The van der Waals surface area contributed by atoms with Crippen LogP contribution in [0.25, 0.3) is 11.1 Å². The Morgan fingerprint density at radius 1 is 1.22 bits per heavy atom. The van der Waals surface area contributed by atoms with Gasteiger partial charge in [0, 0.05) is 18.3 Å². The number of benzene rings is 1. The molecule has 7 heteroatoms. The SMILES string of the molecule is O=C(Cn1c(=O)oc2ccccc21)NCc1cccnc1OC1CCCC1. The summed E-state index contributed by atoms with van der Waals surface area (Å²) in [6.45, 7) is 0.189. The van der Waals surface area contributed by atoms with Crippen LogP contribution in [-0.4, -0.2) is 21.6 Å². The van der Waals surface area contributed by atoms with Gasteiger partial charge in [-0.1, -0.05) is 18.2 Å². The van der Waals surface area contributed by atoms with Crippen LogP contribution in [0.15, 0.2) is 51.8 Å². The first kappa shape index (κ1) is 17.3. The van der Waals surface area contributed by atoms with Crippen molar-refractivity contribution in [1.29, 1.82) is 0 Å². The molecule has 27 heavy (non-hydrogen) atoms. The Labute approximate surface area is 156 Å². The molecule has 3 aromatic rings. The fourth-order valence-corrected chi connectivity index (χ4v) is 3.39. The van der Waals surface area contributed by atoms with Gasteiger partial charge in [-0.15, -0.1) is 0 Å². The number of amides is 1. The molecule has 0 spiro atoms. The number of oxazole rings is 1. The first-order valence-electron chi connectivity index (χ1n) is 9.16. The summed E-state index contributed by atoms with van der Waals surface area (Å²) in [7, 11) is 0. The summed E-state index contributed by atoms with van der Waals surface area (Å²) >= 11 is 0. The maximum absolute atomic E-state index is 12.4. The van der Waals surface area contributed by atoms with Gasteiger partial charge in [-0.25, -0.2) is 9.78 Å². The van der Waals surface area contributed by atoms with E-state index < -0.39 is 5.76 Å². The molecule has 2 aromatic heterocycles. The summed E-state index contributed by atoms with van der Waals surface area (Å²) in [6, 6.07) is 10.7. The highest BCUT2D eigenvalue weighted by molar-refractivity contribution is 5.79. The normalized spacial score (nSPS) is 14.5. The van der Waals surface area contributed by atoms with E-state index in [1.807, 2.05) is 12.1 Å². The predicted molar refractivity (Wildman–Crippen MR) is 99.4 cm³/mol. The Kier molecular flexibility index (Phi) is 4.91. The van der Waals surface area contributed by atoms with Gasteiger partial charge in [0.2, 0.25) is 11.8 Å². The molecule has 140 valence electrons. The Bertz CT molecular complexity index is 1000. The predicted octanol–water partition coefficient (Wildman–Crippen LogP) is 2.63. The molecular weight excluding hydrogens is 346 g/mol. The minimum atomic E-state index is -0.544. The Balaban J connectivity index is 1.42. The molecule has 0 atom stereocenters. The highest BCUT2D eigenvalue weighted by Crippen LogP contribution is 2.24. The summed E-state index contributed by atoms with van der Waals surface area (Å²) in [6.07, 6.45) is 6.32. The zero-order chi connectivity index (χ0) is 18.6. The van der Waals surface area contributed by atoms with Crippen molar-refractivity contribution in [2.45, 2.75) is 44.9 Å². The van der Waals surface area contributed by atoms with Gasteiger partial charge in [-0.05, 0) is 43.9 Å². The quantitative estimate of drug-likeness (QED) is 0.724. The molecule has 1 amide bonds. The second-order valence-electron chi connectivity index (χ2n) is 6.69. The van der Waals surface area contributed by atoms with E-state index in [-0.39, 0.29) is 18.6 Å². The van der Waals surface area contributed by atoms with Gasteiger partial charge in [0.15, 0.2) is 5.58 Å². The summed E-state index contributed by atoms with van der Waals surface area (Å²) in [5.74, 6) is -0.257. The molecule has 0 radical (unpaired) electrons. The molecule has 0 saturated heterocycles. The number of fused-ring (bicyclic) bond motifs is 1. The van der Waals surface area contributed by atoms with E-state index in [4.69, 9.17) is 9.15 Å². The van der Waals surface area contributed by atoms with Gasteiger partial charge in [0.25, 0.3) is 0 Å². The molecule has 0 aliphatic heterocycles. The average Bonchev–Trinajstić information content (AvgIpc) is 3.29. The van der Waals surface area contributed by atoms with Crippen LogP contribution in [0, 0.1) is 0 Å². The molecule has 1 aliphatic carbocycles. The van der Waals surface area contributed by atoms with Crippen LogP contribution in [0.2, 0.25) is 0 Å². The zero-order valence-corrected chi connectivity index (χ0v) is 14.9.